The zero-order chi connectivity index (χ0) is 19.1. The Labute approximate surface area is 157 Å². The van der Waals surface area contributed by atoms with Crippen LogP contribution in [0.25, 0.3) is 0 Å². The number of ether oxygens (including phenoxy) is 1. The fourth-order valence-corrected chi connectivity index (χ4v) is 2.68. The van der Waals surface area contributed by atoms with E-state index in [4.69, 9.17) is 16.3 Å². The molecule has 1 fully saturated rings. The third-order valence-corrected chi connectivity index (χ3v) is 4.19. The highest BCUT2D eigenvalue weighted by atomic mass is 35.5. The Kier molecular flexibility index (Phi) is 7.08. The number of carbonyl (C=O) groups excluding carboxylic acids is 3. The van der Waals surface area contributed by atoms with Gasteiger partial charge in [-0.1, -0.05) is 11.6 Å². The molecule has 1 aromatic carbocycles. The number of anilines is 1. The van der Waals surface area contributed by atoms with E-state index in [1.54, 1.807) is 47.9 Å². The molecule has 1 aliphatic rings. The molecular formula is C17H23ClN4O4. The number of carbonyl (C=O) groups is 3. The summed E-state index contributed by atoms with van der Waals surface area (Å²) in [7, 11) is 0. The van der Waals surface area contributed by atoms with Crippen LogP contribution in [0.5, 0.6) is 0 Å². The van der Waals surface area contributed by atoms with Crippen LogP contribution in [0.15, 0.2) is 24.3 Å². The normalized spacial score (nSPS) is 15.2. The van der Waals surface area contributed by atoms with Gasteiger partial charge in [0.2, 0.25) is 5.91 Å². The Balaban J connectivity index is 1.79. The van der Waals surface area contributed by atoms with E-state index in [1.165, 1.54) is 0 Å². The molecule has 0 radical (unpaired) electrons. The topological polar surface area (TPSA) is 91.0 Å². The van der Waals surface area contributed by atoms with Gasteiger partial charge < -0.3 is 25.2 Å². The molecule has 1 saturated heterocycles. The van der Waals surface area contributed by atoms with Crippen LogP contribution in [0.4, 0.5) is 15.3 Å². The molecule has 0 aromatic heterocycles. The summed E-state index contributed by atoms with van der Waals surface area (Å²) in [5.41, 5.74) is 0.578. The molecular weight excluding hydrogens is 360 g/mol. The molecule has 1 heterocycles. The lowest BCUT2D eigenvalue weighted by Gasteiger charge is -2.35. The number of halogens is 1. The van der Waals surface area contributed by atoms with E-state index >= 15 is 0 Å². The number of nitrogens with zero attached hydrogens (tertiary/aromatic N) is 2. The maximum absolute atomic E-state index is 12.5. The lowest BCUT2D eigenvalue weighted by atomic mass is 10.2. The summed E-state index contributed by atoms with van der Waals surface area (Å²) in [5, 5.41) is 5.83. The minimum atomic E-state index is -0.684. The molecule has 1 aromatic rings. The molecule has 4 amide bonds. The number of nitrogens with one attached hydrogen (secondary N) is 2. The van der Waals surface area contributed by atoms with Crippen LogP contribution < -0.4 is 10.6 Å². The third-order valence-electron chi connectivity index (χ3n) is 3.94. The molecule has 2 rings (SSSR count). The van der Waals surface area contributed by atoms with Crippen LogP contribution in [0.2, 0.25) is 5.02 Å². The van der Waals surface area contributed by atoms with Crippen molar-refractivity contribution in [1.29, 1.82) is 0 Å². The second-order valence-corrected chi connectivity index (χ2v) is 6.27. The van der Waals surface area contributed by atoms with E-state index in [1.807, 2.05) is 0 Å². The fourth-order valence-electron chi connectivity index (χ4n) is 2.56. The predicted molar refractivity (Wildman–Crippen MR) is 98.2 cm³/mol. The van der Waals surface area contributed by atoms with Crippen molar-refractivity contribution >= 4 is 35.3 Å². The fraction of sp³-hybridized carbons (Fsp3) is 0.471. The molecule has 0 unspecified atom stereocenters. The van der Waals surface area contributed by atoms with Crippen molar-refractivity contribution in [1.82, 2.24) is 15.1 Å². The van der Waals surface area contributed by atoms with Crippen LogP contribution in [-0.4, -0.2) is 66.7 Å². The predicted octanol–water partition coefficient (Wildman–Crippen LogP) is 2.15. The summed E-state index contributed by atoms with van der Waals surface area (Å²) >= 11 is 5.80. The highest BCUT2D eigenvalue weighted by Crippen LogP contribution is 2.13. The Morgan fingerprint density at radius 3 is 2.27 bits per heavy atom. The van der Waals surface area contributed by atoms with Crippen LogP contribution in [-0.2, 0) is 9.53 Å². The monoisotopic (exact) mass is 382 g/mol. The molecule has 2 N–H and O–H groups in total. The Morgan fingerprint density at radius 2 is 1.69 bits per heavy atom. The van der Waals surface area contributed by atoms with Crippen LogP contribution in [0.3, 0.4) is 0 Å². The summed E-state index contributed by atoms with van der Waals surface area (Å²) in [6.07, 6.45) is -0.367. The minimum absolute atomic E-state index is 0.195. The van der Waals surface area contributed by atoms with Crippen molar-refractivity contribution in [2.45, 2.75) is 19.9 Å². The average molecular weight is 383 g/mol. The smallest absolute Gasteiger partial charge is 0.409 e. The first-order valence-electron chi connectivity index (χ1n) is 8.44. The number of rotatable bonds is 4. The average Bonchev–Trinajstić information content (AvgIpc) is 2.63. The van der Waals surface area contributed by atoms with Gasteiger partial charge in [0.25, 0.3) is 0 Å². The zero-order valence-electron chi connectivity index (χ0n) is 14.8. The molecule has 142 valence electrons. The van der Waals surface area contributed by atoms with Crippen LogP contribution >= 0.6 is 11.6 Å². The molecule has 0 bridgehead atoms. The summed E-state index contributed by atoms with van der Waals surface area (Å²) in [6, 6.07) is 5.50. The summed E-state index contributed by atoms with van der Waals surface area (Å²) in [4.78, 5) is 39.3. The second-order valence-electron chi connectivity index (χ2n) is 5.84. The molecule has 0 aliphatic carbocycles. The van der Waals surface area contributed by atoms with E-state index in [2.05, 4.69) is 10.6 Å². The van der Waals surface area contributed by atoms with Gasteiger partial charge in [-0.15, -0.1) is 0 Å². The van der Waals surface area contributed by atoms with Gasteiger partial charge in [0.15, 0.2) is 0 Å². The van der Waals surface area contributed by atoms with Gasteiger partial charge in [0, 0.05) is 36.9 Å². The molecule has 0 spiro atoms. The van der Waals surface area contributed by atoms with Crippen LogP contribution in [0.1, 0.15) is 13.8 Å². The SMILES string of the molecule is CCOC(=O)N1CCN(C(=O)[C@@H](C)NC(=O)Nc2ccc(Cl)cc2)CC1. The van der Waals surface area contributed by atoms with Gasteiger partial charge >= 0.3 is 12.1 Å². The summed E-state index contributed by atoms with van der Waals surface area (Å²) in [5.74, 6) is -0.195. The second kappa shape index (κ2) is 9.28. The Bertz CT molecular complexity index is 645. The lowest BCUT2D eigenvalue weighted by Crippen LogP contribution is -2.55. The van der Waals surface area contributed by atoms with Crippen molar-refractivity contribution in [2.24, 2.45) is 0 Å². The Morgan fingerprint density at radius 1 is 1.12 bits per heavy atom. The van der Waals surface area contributed by atoms with E-state index in [-0.39, 0.29) is 12.0 Å². The molecule has 26 heavy (non-hydrogen) atoms. The summed E-state index contributed by atoms with van der Waals surface area (Å²) in [6.45, 7) is 5.33. The van der Waals surface area contributed by atoms with Crippen molar-refractivity contribution in [3.8, 4) is 0 Å². The van der Waals surface area contributed by atoms with Crippen molar-refractivity contribution in [3.05, 3.63) is 29.3 Å². The molecule has 0 saturated carbocycles. The highest BCUT2D eigenvalue weighted by molar-refractivity contribution is 6.30. The quantitative estimate of drug-likeness (QED) is 0.834. The first-order valence-corrected chi connectivity index (χ1v) is 8.82. The first kappa shape index (κ1) is 19.8. The summed E-state index contributed by atoms with van der Waals surface area (Å²) < 4.78 is 4.95. The van der Waals surface area contributed by atoms with Gasteiger partial charge in [-0.2, -0.15) is 0 Å². The standard InChI is InChI=1S/C17H23ClN4O4/c1-3-26-17(25)22-10-8-21(9-11-22)15(23)12(2)19-16(24)20-14-6-4-13(18)5-7-14/h4-7,12H,3,8-11H2,1-2H3,(H2,19,20,24)/t12-/m1/s1. The number of urea groups is 1. The lowest BCUT2D eigenvalue weighted by molar-refractivity contribution is -0.134. The zero-order valence-corrected chi connectivity index (χ0v) is 15.6. The van der Waals surface area contributed by atoms with Gasteiger partial charge in [0.1, 0.15) is 6.04 Å². The number of amides is 4. The number of hydrogen-bond donors (Lipinski definition) is 2. The van der Waals surface area contributed by atoms with Crippen molar-refractivity contribution < 1.29 is 19.1 Å². The maximum atomic E-state index is 12.5. The maximum Gasteiger partial charge on any atom is 0.409 e. The highest BCUT2D eigenvalue weighted by Gasteiger charge is 2.28. The largest absolute Gasteiger partial charge is 0.450 e. The Hall–Kier alpha value is -2.48. The van der Waals surface area contributed by atoms with Crippen molar-refractivity contribution in [3.63, 3.8) is 0 Å². The van der Waals surface area contributed by atoms with E-state index < -0.39 is 12.1 Å². The molecule has 1 aliphatic heterocycles. The number of hydrogen-bond acceptors (Lipinski definition) is 4. The van der Waals surface area contributed by atoms with Crippen molar-refractivity contribution in [2.75, 3.05) is 38.1 Å². The van der Waals surface area contributed by atoms with E-state index in [0.29, 0.717) is 43.5 Å². The number of benzene rings is 1. The van der Waals surface area contributed by atoms with Gasteiger partial charge in [-0.3, -0.25) is 4.79 Å². The first-order chi connectivity index (χ1) is 12.4. The minimum Gasteiger partial charge on any atom is -0.450 e. The van der Waals surface area contributed by atoms with E-state index in [9.17, 15) is 14.4 Å². The number of piperazine rings is 1. The third kappa shape index (κ3) is 5.52. The van der Waals surface area contributed by atoms with Gasteiger partial charge in [-0.25, -0.2) is 9.59 Å². The van der Waals surface area contributed by atoms with Gasteiger partial charge in [-0.05, 0) is 38.1 Å². The molecule has 9 heteroatoms. The molecule has 8 nitrogen and oxygen atoms in total. The molecule has 1 atom stereocenters. The van der Waals surface area contributed by atoms with E-state index in [0.717, 1.165) is 0 Å². The van der Waals surface area contributed by atoms with Gasteiger partial charge in [0.05, 0.1) is 6.61 Å². The van der Waals surface area contributed by atoms with Crippen LogP contribution in [0, 0.1) is 0 Å².